The summed E-state index contributed by atoms with van der Waals surface area (Å²) in [5.74, 6) is -7.19. The van der Waals surface area contributed by atoms with E-state index in [0.29, 0.717) is 18.5 Å². The predicted molar refractivity (Wildman–Crippen MR) is 131 cm³/mol. The Morgan fingerprint density at radius 2 is 1.46 bits per heavy atom. The van der Waals surface area contributed by atoms with E-state index in [1.54, 1.807) is 30.3 Å². The van der Waals surface area contributed by atoms with Crippen molar-refractivity contribution in [2.24, 2.45) is 5.14 Å². The monoisotopic (exact) mass is 563 g/mol. The summed E-state index contributed by atoms with van der Waals surface area (Å²) in [6, 6.07) is 7.58. The third-order valence-electron chi connectivity index (χ3n) is 5.89. The lowest BCUT2D eigenvalue weighted by Crippen LogP contribution is -2.27. The largest absolute Gasteiger partial charge is 0.448 e. The molecule has 0 bridgehead atoms. The zero-order chi connectivity index (χ0) is 27.2. The maximum absolute atomic E-state index is 15.3. The molecule has 9 nitrogen and oxygen atoms in total. The molecular formula is C23H28F3N3O6S2. The van der Waals surface area contributed by atoms with E-state index < -0.39 is 77.3 Å². The summed E-state index contributed by atoms with van der Waals surface area (Å²) in [5, 5.41) is 9.85. The minimum Gasteiger partial charge on any atom is -0.448 e. The molecule has 0 atom stereocenters. The summed E-state index contributed by atoms with van der Waals surface area (Å²) in [4.78, 5) is 8.79. The lowest BCUT2D eigenvalue weighted by atomic mass is 9.96. The fourth-order valence-corrected chi connectivity index (χ4v) is 6.14. The SMILES string of the molecule is NS(=O)(=O)c1c(F)c(F)c(S(=O)(=O)CCOC(=O)Nc2ccccc2)c(NC2CCCCCCC2)c1F. The molecule has 0 aliphatic heterocycles. The van der Waals surface area contributed by atoms with E-state index in [1.807, 2.05) is 0 Å². The van der Waals surface area contributed by atoms with E-state index in [-0.39, 0.29) is 0 Å². The summed E-state index contributed by atoms with van der Waals surface area (Å²) in [7, 11) is -9.91. The van der Waals surface area contributed by atoms with Crippen LogP contribution < -0.4 is 15.8 Å². The Kier molecular flexibility index (Phi) is 9.42. The molecule has 0 unspecified atom stereocenters. The number of hydrogen-bond acceptors (Lipinski definition) is 7. The first-order chi connectivity index (χ1) is 17.4. The molecule has 0 saturated heterocycles. The number of amides is 1. The van der Waals surface area contributed by atoms with Crippen molar-refractivity contribution in [2.75, 3.05) is 23.0 Å². The average Bonchev–Trinajstić information content (AvgIpc) is 2.78. The van der Waals surface area contributed by atoms with Crippen LogP contribution in [0.25, 0.3) is 0 Å². The molecule has 37 heavy (non-hydrogen) atoms. The van der Waals surface area contributed by atoms with Crippen molar-refractivity contribution >= 4 is 37.3 Å². The van der Waals surface area contributed by atoms with Gasteiger partial charge in [-0.1, -0.05) is 50.3 Å². The number of anilines is 2. The number of carbonyl (C=O) groups excluding carboxylic acids is 1. The Labute approximate surface area is 213 Å². The normalized spacial score (nSPS) is 15.5. The quantitative estimate of drug-likeness (QED) is 0.406. The summed E-state index contributed by atoms with van der Waals surface area (Å²) < 4.78 is 99.6. The first kappa shape index (κ1) is 28.7. The molecule has 1 amide bonds. The Hall–Kier alpha value is -2.84. The summed E-state index contributed by atoms with van der Waals surface area (Å²) >= 11 is 0. The Morgan fingerprint density at radius 1 is 0.892 bits per heavy atom. The van der Waals surface area contributed by atoms with Gasteiger partial charge in [0.25, 0.3) is 0 Å². The van der Waals surface area contributed by atoms with Crippen LogP contribution in [0, 0.1) is 17.5 Å². The second-order valence-corrected chi connectivity index (χ2v) is 12.2. The number of nitrogens with two attached hydrogens (primary N) is 1. The first-order valence-electron chi connectivity index (χ1n) is 11.6. The number of carbonyl (C=O) groups is 1. The van der Waals surface area contributed by atoms with Crippen molar-refractivity contribution in [3.8, 4) is 0 Å². The van der Waals surface area contributed by atoms with E-state index in [1.165, 1.54) is 0 Å². The molecule has 3 rings (SSSR count). The van der Waals surface area contributed by atoms with E-state index >= 15 is 8.78 Å². The summed E-state index contributed by atoms with van der Waals surface area (Å²) in [6.07, 6.45) is 4.16. The van der Waals surface area contributed by atoms with Crippen LogP contribution in [0.1, 0.15) is 44.9 Å². The minimum atomic E-state index is -5.09. The highest BCUT2D eigenvalue weighted by Gasteiger charge is 2.37. The van der Waals surface area contributed by atoms with Gasteiger partial charge < -0.3 is 10.1 Å². The van der Waals surface area contributed by atoms with Crippen LogP contribution in [0.3, 0.4) is 0 Å². The van der Waals surface area contributed by atoms with E-state index in [0.717, 1.165) is 32.1 Å². The molecule has 2 aromatic rings. The highest BCUT2D eigenvalue weighted by atomic mass is 32.2. The van der Waals surface area contributed by atoms with Crippen molar-refractivity contribution < 1.29 is 39.5 Å². The minimum absolute atomic E-state index is 0.370. The van der Waals surface area contributed by atoms with Crippen LogP contribution >= 0.6 is 0 Å². The van der Waals surface area contributed by atoms with Crippen LogP contribution in [0.15, 0.2) is 40.1 Å². The van der Waals surface area contributed by atoms with E-state index in [4.69, 9.17) is 9.88 Å². The van der Waals surface area contributed by atoms with Gasteiger partial charge in [0.2, 0.25) is 10.0 Å². The van der Waals surface area contributed by atoms with Crippen molar-refractivity contribution in [2.45, 2.75) is 60.8 Å². The fraction of sp³-hybridized carbons (Fsp3) is 0.435. The van der Waals surface area contributed by atoms with Crippen molar-refractivity contribution in [1.82, 2.24) is 0 Å². The number of benzene rings is 2. The third-order valence-corrected chi connectivity index (χ3v) is 8.53. The molecule has 0 aromatic heterocycles. The molecule has 204 valence electrons. The number of halogens is 3. The third kappa shape index (κ3) is 7.36. The van der Waals surface area contributed by atoms with Crippen molar-refractivity contribution in [3.63, 3.8) is 0 Å². The number of rotatable bonds is 8. The van der Waals surface area contributed by atoms with Gasteiger partial charge in [-0.05, 0) is 25.0 Å². The molecule has 1 fully saturated rings. The molecule has 1 aliphatic carbocycles. The van der Waals surface area contributed by atoms with Gasteiger partial charge in [0, 0.05) is 11.7 Å². The molecule has 4 N–H and O–H groups in total. The Morgan fingerprint density at radius 3 is 2.05 bits per heavy atom. The highest BCUT2D eigenvalue weighted by molar-refractivity contribution is 7.91. The smallest absolute Gasteiger partial charge is 0.411 e. The molecule has 1 saturated carbocycles. The van der Waals surface area contributed by atoms with Crippen LogP contribution in [-0.2, 0) is 24.6 Å². The van der Waals surface area contributed by atoms with Crippen LogP contribution in [-0.4, -0.2) is 41.3 Å². The van der Waals surface area contributed by atoms with Gasteiger partial charge >= 0.3 is 6.09 Å². The molecule has 0 radical (unpaired) electrons. The van der Waals surface area contributed by atoms with E-state index in [2.05, 4.69) is 10.6 Å². The Balaban J connectivity index is 1.92. The highest BCUT2D eigenvalue weighted by Crippen LogP contribution is 2.36. The summed E-state index contributed by atoms with van der Waals surface area (Å²) in [5.41, 5.74) is -0.642. The molecule has 2 aromatic carbocycles. The number of sulfone groups is 1. The van der Waals surface area contributed by atoms with Crippen molar-refractivity contribution in [3.05, 3.63) is 47.8 Å². The number of ether oxygens (including phenoxy) is 1. The number of sulfonamides is 1. The maximum Gasteiger partial charge on any atom is 0.411 e. The molecule has 0 spiro atoms. The number of primary sulfonamides is 1. The molecule has 1 aliphatic rings. The van der Waals surface area contributed by atoms with Gasteiger partial charge in [-0.3, -0.25) is 5.32 Å². The second kappa shape index (κ2) is 12.1. The lowest BCUT2D eigenvalue weighted by Gasteiger charge is -2.25. The maximum atomic E-state index is 15.3. The number of hydrogen-bond donors (Lipinski definition) is 3. The van der Waals surface area contributed by atoms with E-state index in [9.17, 15) is 26.0 Å². The predicted octanol–water partition coefficient (Wildman–Crippen LogP) is 4.30. The number of para-hydroxylation sites is 1. The van der Waals surface area contributed by atoms with Gasteiger partial charge in [0.05, 0.1) is 11.4 Å². The zero-order valence-corrected chi connectivity index (χ0v) is 21.4. The van der Waals surface area contributed by atoms with Crippen molar-refractivity contribution in [1.29, 1.82) is 0 Å². The molecule has 14 heteroatoms. The van der Waals surface area contributed by atoms with Crippen LogP contribution in [0.4, 0.5) is 29.3 Å². The summed E-state index contributed by atoms with van der Waals surface area (Å²) in [6.45, 7) is -0.774. The Bertz CT molecular complexity index is 1330. The fourth-order valence-electron chi connectivity index (χ4n) is 4.12. The molecule has 0 heterocycles. The van der Waals surface area contributed by atoms with Crippen LogP contribution in [0.5, 0.6) is 0 Å². The number of nitrogens with one attached hydrogen (secondary N) is 2. The van der Waals surface area contributed by atoms with Gasteiger partial charge in [-0.15, -0.1) is 0 Å². The standard InChI is InChI=1S/C23H28F3N3O6S2/c24-17-18(25)22(36(31,32)14-13-35-23(30)29-16-11-7-4-8-12-16)20(19(26)21(17)37(27,33)34)28-15-9-5-2-1-3-6-10-15/h4,7-8,11-12,15,28H,1-3,5-6,9-10,13-14H2,(H,29,30)(H2,27,33,34). The van der Waals surface area contributed by atoms with Gasteiger partial charge in [0.1, 0.15) is 11.5 Å². The topological polar surface area (TPSA) is 145 Å². The van der Waals surface area contributed by atoms with Gasteiger partial charge in [-0.2, -0.15) is 0 Å². The van der Waals surface area contributed by atoms with Crippen LogP contribution in [0.2, 0.25) is 0 Å². The second-order valence-electron chi connectivity index (χ2n) is 8.65. The lowest BCUT2D eigenvalue weighted by molar-refractivity contribution is 0.168. The van der Waals surface area contributed by atoms with Gasteiger partial charge in [-0.25, -0.2) is 39.9 Å². The first-order valence-corrected chi connectivity index (χ1v) is 14.8. The zero-order valence-electron chi connectivity index (χ0n) is 19.8. The van der Waals surface area contributed by atoms with Gasteiger partial charge in [0.15, 0.2) is 32.2 Å². The average molecular weight is 564 g/mol. The molecular weight excluding hydrogens is 535 g/mol.